The molecule has 0 radical (unpaired) electrons. The zero-order valence-corrected chi connectivity index (χ0v) is 19.5. The fourth-order valence-electron chi connectivity index (χ4n) is 7.14. The molecule has 2 aromatic carbocycles. The van der Waals surface area contributed by atoms with Crippen LogP contribution < -0.4 is 11.1 Å². The van der Waals surface area contributed by atoms with Gasteiger partial charge in [0.05, 0.1) is 6.10 Å². The van der Waals surface area contributed by atoms with Gasteiger partial charge in [-0.3, -0.25) is 9.59 Å². The second-order valence-electron chi connectivity index (χ2n) is 10.8. The van der Waals surface area contributed by atoms with E-state index in [0.717, 1.165) is 50.8 Å². The van der Waals surface area contributed by atoms with Crippen LogP contribution in [0.3, 0.4) is 0 Å². The molecule has 5 unspecified atom stereocenters. The Morgan fingerprint density at radius 3 is 2.62 bits per heavy atom. The molecule has 6 heteroatoms. The Morgan fingerprint density at radius 2 is 1.88 bits per heavy atom. The Labute approximate surface area is 200 Å². The first-order valence-electron chi connectivity index (χ1n) is 12.7. The van der Waals surface area contributed by atoms with Crippen LogP contribution in [0.1, 0.15) is 59.5 Å². The van der Waals surface area contributed by atoms with E-state index < -0.39 is 0 Å². The predicted molar refractivity (Wildman–Crippen MR) is 130 cm³/mol. The van der Waals surface area contributed by atoms with Gasteiger partial charge in [0.15, 0.2) is 0 Å². The number of hydrogen-bond donors (Lipinski definition) is 3. The summed E-state index contributed by atoms with van der Waals surface area (Å²) in [4.78, 5) is 28.1. The van der Waals surface area contributed by atoms with Gasteiger partial charge in [-0.05, 0) is 79.2 Å². The molecule has 3 saturated carbocycles. The molecule has 2 aromatic rings. The van der Waals surface area contributed by atoms with Crippen molar-refractivity contribution in [2.24, 2.45) is 28.9 Å². The van der Waals surface area contributed by atoms with Crippen LogP contribution >= 0.6 is 0 Å². The number of aliphatic hydroxyl groups excluding tert-OH is 1. The summed E-state index contributed by atoms with van der Waals surface area (Å²) < 4.78 is 0. The van der Waals surface area contributed by atoms with E-state index in [1.54, 1.807) is 6.07 Å². The molecule has 1 spiro atoms. The van der Waals surface area contributed by atoms with Crippen LogP contribution in [0.25, 0.3) is 0 Å². The minimum Gasteiger partial charge on any atom is -0.393 e. The van der Waals surface area contributed by atoms with Crippen molar-refractivity contribution >= 4 is 17.5 Å². The maximum Gasteiger partial charge on any atom is 0.253 e. The number of nitrogens with zero attached hydrogens (tertiary/aromatic N) is 1. The molecule has 1 aliphatic heterocycles. The molecule has 1 heterocycles. The van der Waals surface area contributed by atoms with Crippen molar-refractivity contribution < 1.29 is 14.7 Å². The minimum atomic E-state index is -0.213. The summed E-state index contributed by atoms with van der Waals surface area (Å²) in [6.07, 6.45) is 4.38. The average Bonchev–Trinajstić information content (AvgIpc) is 3.58. The van der Waals surface area contributed by atoms with E-state index >= 15 is 0 Å². The van der Waals surface area contributed by atoms with E-state index in [9.17, 15) is 14.7 Å². The maximum absolute atomic E-state index is 13.2. The second kappa shape index (κ2) is 8.21. The molecule has 3 aliphatic carbocycles. The van der Waals surface area contributed by atoms with E-state index in [-0.39, 0.29) is 29.3 Å². The molecule has 6 rings (SSSR count). The molecule has 1 saturated heterocycles. The highest BCUT2D eigenvalue weighted by molar-refractivity contribution is 5.98. The number of anilines is 1. The van der Waals surface area contributed by atoms with Crippen molar-refractivity contribution in [2.45, 2.75) is 50.7 Å². The van der Waals surface area contributed by atoms with Gasteiger partial charge in [0, 0.05) is 42.2 Å². The number of amides is 2. The SMILES string of the molecule is NCc1cccc(C2CCN(C(=O)c3cccc(NC(=O)C4CC5CC56C(O)CC46)c3)CC2)c1. The van der Waals surface area contributed by atoms with Crippen molar-refractivity contribution in [1.82, 2.24) is 4.90 Å². The van der Waals surface area contributed by atoms with Gasteiger partial charge in [0.2, 0.25) is 5.91 Å². The minimum absolute atomic E-state index is 0.0155. The first kappa shape index (κ1) is 21.8. The van der Waals surface area contributed by atoms with E-state index in [1.165, 1.54) is 5.56 Å². The molecular weight excluding hydrogens is 426 g/mol. The molecular formula is C28H33N3O3. The van der Waals surface area contributed by atoms with Crippen LogP contribution in [-0.2, 0) is 11.3 Å². The largest absolute Gasteiger partial charge is 0.393 e. The topological polar surface area (TPSA) is 95.7 Å². The Kier molecular flexibility index (Phi) is 5.26. The lowest BCUT2D eigenvalue weighted by molar-refractivity contribution is -0.127. The Hall–Kier alpha value is -2.70. The molecule has 0 bridgehead atoms. The third-order valence-corrected chi connectivity index (χ3v) is 9.17. The first-order valence-corrected chi connectivity index (χ1v) is 12.7. The Morgan fingerprint density at radius 1 is 1.09 bits per heavy atom. The number of nitrogens with two attached hydrogens (primary N) is 1. The standard InChI is InChI=1S/C28H33N3O3/c29-16-17-3-1-4-19(11-17)18-7-9-31(10-8-18)27(34)20-5-2-6-22(12-20)30-26(33)23-13-21-15-28(21)24(23)14-25(28)32/h1-6,11-12,18,21,23-25,32H,7-10,13-16,29H2,(H,30,33). The highest BCUT2D eigenvalue weighted by Gasteiger charge is 2.76. The van der Waals surface area contributed by atoms with Crippen LogP contribution in [0.5, 0.6) is 0 Å². The molecule has 178 valence electrons. The highest BCUT2D eigenvalue weighted by Crippen LogP contribution is 2.77. The van der Waals surface area contributed by atoms with Crippen LogP contribution in [-0.4, -0.2) is 41.0 Å². The van der Waals surface area contributed by atoms with E-state index in [4.69, 9.17) is 5.73 Å². The smallest absolute Gasteiger partial charge is 0.253 e. The van der Waals surface area contributed by atoms with Gasteiger partial charge in [-0.15, -0.1) is 0 Å². The number of hydrogen-bond acceptors (Lipinski definition) is 4. The van der Waals surface area contributed by atoms with E-state index in [0.29, 0.717) is 35.5 Å². The zero-order chi connectivity index (χ0) is 23.4. The summed E-state index contributed by atoms with van der Waals surface area (Å²) in [7, 11) is 0. The zero-order valence-electron chi connectivity index (χ0n) is 19.5. The number of aliphatic hydroxyl groups is 1. The maximum atomic E-state index is 13.2. The lowest BCUT2D eigenvalue weighted by atomic mass is 9.65. The first-order chi connectivity index (χ1) is 16.5. The van der Waals surface area contributed by atoms with Crippen molar-refractivity contribution in [1.29, 1.82) is 0 Å². The van der Waals surface area contributed by atoms with Crippen LogP contribution in [0.15, 0.2) is 48.5 Å². The number of rotatable bonds is 5. The predicted octanol–water partition coefficient (Wildman–Crippen LogP) is 3.51. The summed E-state index contributed by atoms with van der Waals surface area (Å²) in [5.74, 6) is 1.34. The van der Waals surface area contributed by atoms with Gasteiger partial charge in [-0.25, -0.2) is 0 Å². The normalized spacial score (nSPS) is 31.9. The van der Waals surface area contributed by atoms with Gasteiger partial charge >= 0.3 is 0 Å². The fourth-order valence-corrected chi connectivity index (χ4v) is 7.14. The lowest BCUT2D eigenvalue weighted by Crippen LogP contribution is -2.47. The molecule has 34 heavy (non-hydrogen) atoms. The number of likely N-dealkylation sites (tertiary alicyclic amines) is 1. The van der Waals surface area contributed by atoms with Crippen molar-refractivity contribution in [3.63, 3.8) is 0 Å². The Balaban J connectivity index is 1.07. The molecule has 4 fully saturated rings. The lowest BCUT2D eigenvalue weighted by Gasteiger charge is -2.43. The van der Waals surface area contributed by atoms with Crippen LogP contribution in [0.2, 0.25) is 0 Å². The highest BCUT2D eigenvalue weighted by atomic mass is 16.3. The molecule has 5 atom stereocenters. The molecule has 4 N–H and O–H groups in total. The van der Waals surface area contributed by atoms with Gasteiger partial charge in [0.1, 0.15) is 0 Å². The molecule has 2 amide bonds. The summed E-state index contributed by atoms with van der Waals surface area (Å²) in [5, 5.41) is 13.2. The van der Waals surface area contributed by atoms with Gasteiger partial charge in [-0.2, -0.15) is 0 Å². The third kappa shape index (κ3) is 3.46. The second-order valence-corrected chi connectivity index (χ2v) is 10.8. The summed E-state index contributed by atoms with van der Waals surface area (Å²) in [5.41, 5.74) is 9.60. The number of benzene rings is 2. The van der Waals surface area contributed by atoms with E-state index in [2.05, 4.69) is 29.6 Å². The quantitative estimate of drug-likeness (QED) is 0.638. The van der Waals surface area contributed by atoms with E-state index in [1.807, 2.05) is 23.1 Å². The summed E-state index contributed by atoms with van der Waals surface area (Å²) in [6, 6.07) is 15.8. The van der Waals surface area contributed by atoms with Crippen molar-refractivity contribution in [3.8, 4) is 0 Å². The van der Waals surface area contributed by atoms with Crippen molar-refractivity contribution in [2.75, 3.05) is 18.4 Å². The summed E-state index contributed by atoms with van der Waals surface area (Å²) >= 11 is 0. The fraction of sp³-hybridized carbons (Fsp3) is 0.500. The third-order valence-electron chi connectivity index (χ3n) is 9.17. The molecule has 0 aromatic heterocycles. The number of nitrogens with one attached hydrogen (secondary N) is 1. The Bertz CT molecular complexity index is 1130. The van der Waals surface area contributed by atoms with Gasteiger partial charge < -0.3 is 21.1 Å². The molecule has 4 aliphatic rings. The van der Waals surface area contributed by atoms with Gasteiger partial charge in [0.25, 0.3) is 5.91 Å². The van der Waals surface area contributed by atoms with Crippen LogP contribution in [0, 0.1) is 23.2 Å². The number of carbonyl (C=O) groups excluding carboxylic acids is 2. The van der Waals surface area contributed by atoms with Gasteiger partial charge in [-0.1, -0.05) is 30.3 Å². The van der Waals surface area contributed by atoms with Crippen LogP contribution in [0.4, 0.5) is 5.69 Å². The number of carbonyl (C=O) groups is 2. The number of piperidine rings is 1. The monoisotopic (exact) mass is 459 g/mol. The molecule has 6 nitrogen and oxygen atoms in total. The van der Waals surface area contributed by atoms with Crippen molar-refractivity contribution in [3.05, 3.63) is 65.2 Å². The summed E-state index contributed by atoms with van der Waals surface area (Å²) in [6.45, 7) is 1.99. The average molecular weight is 460 g/mol.